The van der Waals surface area contributed by atoms with E-state index in [1.54, 1.807) is 6.07 Å². The number of nitrogens with zero attached hydrogens (tertiary/aromatic N) is 5. The van der Waals surface area contributed by atoms with Crippen LogP contribution in [0.25, 0.3) is 0 Å². The molecule has 3 aromatic rings. The summed E-state index contributed by atoms with van der Waals surface area (Å²) in [7, 11) is 1.99. The smallest absolute Gasteiger partial charge is 0.141 e. The first-order valence-corrected chi connectivity index (χ1v) is 9.63. The van der Waals surface area contributed by atoms with E-state index in [1.807, 2.05) is 30.9 Å². The van der Waals surface area contributed by atoms with Gasteiger partial charge in [0.2, 0.25) is 0 Å². The number of hydrogen-bond donors (Lipinski definition) is 1. The van der Waals surface area contributed by atoms with Gasteiger partial charge in [-0.2, -0.15) is 5.10 Å². The molecule has 6 nitrogen and oxygen atoms in total. The topological polar surface area (TPSA) is 58.9 Å². The molecular formula is C21H25FN6. The SMILES string of the molecule is Cc1cc(Nc2ccc(F)cn2)cc(C2CCN(Cc3ccnn3C)CC2)n1. The van der Waals surface area contributed by atoms with E-state index >= 15 is 0 Å². The predicted octanol–water partition coefficient (Wildman–Crippen LogP) is 3.78. The normalized spacial score (nSPS) is 15.7. The van der Waals surface area contributed by atoms with Gasteiger partial charge < -0.3 is 5.32 Å². The highest BCUT2D eigenvalue weighted by atomic mass is 19.1. The van der Waals surface area contributed by atoms with Gasteiger partial charge in [0.05, 0.1) is 11.9 Å². The third kappa shape index (κ3) is 4.36. The van der Waals surface area contributed by atoms with Crippen molar-refractivity contribution in [2.24, 2.45) is 7.05 Å². The molecule has 1 saturated heterocycles. The molecule has 146 valence electrons. The summed E-state index contributed by atoms with van der Waals surface area (Å²) in [5.41, 5.74) is 4.27. The maximum absolute atomic E-state index is 13.1. The number of anilines is 2. The van der Waals surface area contributed by atoms with E-state index in [-0.39, 0.29) is 5.82 Å². The zero-order chi connectivity index (χ0) is 19.5. The Bertz CT molecular complexity index is 928. The van der Waals surface area contributed by atoms with Gasteiger partial charge in [-0.25, -0.2) is 9.37 Å². The third-order valence-corrected chi connectivity index (χ3v) is 5.29. The molecule has 4 rings (SSSR count). The van der Waals surface area contributed by atoms with Crippen LogP contribution in [0, 0.1) is 12.7 Å². The van der Waals surface area contributed by atoms with Crippen LogP contribution in [0.15, 0.2) is 42.7 Å². The van der Waals surface area contributed by atoms with Crippen molar-refractivity contribution < 1.29 is 4.39 Å². The molecule has 0 atom stereocenters. The fourth-order valence-corrected chi connectivity index (χ4v) is 3.75. The van der Waals surface area contributed by atoms with Crippen LogP contribution in [0.4, 0.5) is 15.9 Å². The summed E-state index contributed by atoms with van der Waals surface area (Å²) in [5, 5.41) is 7.51. The number of piperidine rings is 1. The molecule has 1 aliphatic rings. The Morgan fingerprint density at radius 3 is 2.68 bits per heavy atom. The Labute approximate surface area is 164 Å². The number of aryl methyl sites for hydroxylation is 2. The third-order valence-electron chi connectivity index (χ3n) is 5.29. The van der Waals surface area contributed by atoms with E-state index in [2.05, 4.69) is 32.4 Å². The lowest BCUT2D eigenvalue weighted by Gasteiger charge is -2.31. The minimum atomic E-state index is -0.338. The Kier molecular flexibility index (Phi) is 5.34. The molecule has 0 bridgehead atoms. The molecule has 1 fully saturated rings. The van der Waals surface area contributed by atoms with Crippen molar-refractivity contribution in [3.8, 4) is 0 Å². The minimum absolute atomic E-state index is 0.338. The van der Waals surface area contributed by atoms with Gasteiger partial charge in [-0.3, -0.25) is 14.6 Å². The van der Waals surface area contributed by atoms with Gasteiger partial charge in [-0.05, 0) is 63.2 Å². The highest BCUT2D eigenvalue weighted by Crippen LogP contribution is 2.30. The number of rotatable bonds is 5. The zero-order valence-corrected chi connectivity index (χ0v) is 16.3. The molecule has 4 heterocycles. The van der Waals surface area contributed by atoms with Crippen molar-refractivity contribution in [2.75, 3.05) is 18.4 Å². The van der Waals surface area contributed by atoms with E-state index in [4.69, 9.17) is 4.98 Å². The van der Waals surface area contributed by atoms with Crippen LogP contribution in [-0.4, -0.2) is 37.7 Å². The lowest BCUT2D eigenvalue weighted by molar-refractivity contribution is 0.199. The summed E-state index contributed by atoms with van der Waals surface area (Å²) in [4.78, 5) is 11.3. The molecule has 0 spiro atoms. The molecule has 0 saturated carbocycles. The van der Waals surface area contributed by atoms with Gasteiger partial charge in [0, 0.05) is 42.8 Å². The van der Waals surface area contributed by atoms with Crippen LogP contribution in [0.2, 0.25) is 0 Å². The number of hydrogen-bond acceptors (Lipinski definition) is 5. The first-order valence-electron chi connectivity index (χ1n) is 9.63. The average Bonchev–Trinajstić information content (AvgIpc) is 3.08. The molecule has 28 heavy (non-hydrogen) atoms. The van der Waals surface area contributed by atoms with E-state index in [1.165, 1.54) is 18.0 Å². The van der Waals surface area contributed by atoms with Crippen LogP contribution in [0.5, 0.6) is 0 Å². The molecular weight excluding hydrogens is 355 g/mol. The van der Waals surface area contributed by atoms with Gasteiger partial charge in [-0.1, -0.05) is 0 Å². The average molecular weight is 380 g/mol. The van der Waals surface area contributed by atoms with Gasteiger partial charge in [0.1, 0.15) is 11.6 Å². The van der Waals surface area contributed by atoms with E-state index < -0.39 is 0 Å². The molecule has 0 amide bonds. The number of likely N-dealkylation sites (tertiary alicyclic amines) is 1. The van der Waals surface area contributed by atoms with E-state index in [0.717, 1.165) is 49.6 Å². The number of pyridine rings is 2. The zero-order valence-electron chi connectivity index (χ0n) is 16.3. The van der Waals surface area contributed by atoms with Crippen LogP contribution in [0.1, 0.15) is 35.8 Å². The molecule has 1 N–H and O–H groups in total. The Morgan fingerprint density at radius 1 is 1.18 bits per heavy atom. The fraction of sp³-hybridized carbons (Fsp3) is 0.381. The van der Waals surface area contributed by atoms with Crippen molar-refractivity contribution in [1.29, 1.82) is 0 Å². The molecule has 7 heteroatoms. The predicted molar refractivity (Wildman–Crippen MR) is 107 cm³/mol. The molecule has 1 aliphatic heterocycles. The van der Waals surface area contributed by atoms with Crippen LogP contribution < -0.4 is 5.32 Å². The van der Waals surface area contributed by atoms with E-state index in [9.17, 15) is 4.39 Å². The summed E-state index contributed by atoms with van der Waals surface area (Å²) in [6.07, 6.45) is 5.24. The Hall–Kier alpha value is -2.80. The van der Waals surface area contributed by atoms with Crippen molar-refractivity contribution in [2.45, 2.75) is 32.2 Å². The number of aromatic nitrogens is 4. The van der Waals surface area contributed by atoms with Crippen LogP contribution >= 0.6 is 0 Å². The fourth-order valence-electron chi connectivity index (χ4n) is 3.75. The lowest BCUT2D eigenvalue weighted by Crippen LogP contribution is -2.33. The number of halogens is 1. The largest absolute Gasteiger partial charge is 0.340 e. The summed E-state index contributed by atoms with van der Waals surface area (Å²) < 4.78 is 15.0. The van der Waals surface area contributed by atoms with Crippen LogP contribution in [0.3, 0.4) is 0 Å². The molecule has 0 aliphatic carbocycles. The van der Waals surface area contributed by atoms with Crippen molar-refractivity contribution in [3.63, 3.8) is 0 Å². The first kappa shape index (κ1) is 18.6. The van der Waals surface area contributed by atoms with Crippen molar-refractivity contribution in [1.82, 2.24) is 24.6 Å². The molecule has 0 aromatic carbocycles. The van der Waals surface area contributed by atoms with Gasteiger partial charge in [0.25, 0.3) is 0 Å². The summed E-state index contributed by atoms with van der Waals surface area (Å²) >= 11 is 0. The quantitative estimate of drug-likeness (QED) is 0.730. The second kappa shape index (κ2) is 8.06. The second-order valence-electron chi connectivity index (χ2n) is 7.41. The summed E-state index contributed by atoms with van der Waals surface area (Å²) in [5.74, 6) is 0.739. The maximum atomic E-state index is 13.1. The maximum Gasteiger partial charge on any atom is 0.141 e. The molecule has 3 aromatic heterocycles. The summed E-state index contributed by atoms with van der Waals surface area (Å²) in [6, 6.07) is 9.21. The first-order chi connectivity index (χ1) is 13.6. The minimum Gasteiger partial charge on any atom is -0.340 e. The van der Waals surface area contributed by atoms with Crippen molar-refractivity contribution >= 4 is 11.5 Å². The Morgan fingerprint density at radius 2 is 2.00 bits per heavy atom. The van der Waals surface area contributed by atoms with Crippen molar-refractivity contribution in [3.05, 3.63) is 65.6 Å². The van der Waals surface area contributed by atoms with E-state index in [0.29, 0.717) is 11.7 Å². The number of nitrogens with one attached hydrogen (secondary N) is 1. The van der Waals surface area contributed by atoms with Crippen LogP contribution in [-0.2, 0) is 13.6 Å². The van der Waals surface area contributed by atoms with Gasteiger partial charge >= 0.3 is 0 Å². The second-order valence-corrected chi connectivity index (χ2v) is 7.41. The lowest BCUT2D eigenvalue weighted by atomic mass is 9.92. The molecule has 0 radical (unpaired) electrons. The highest BCUT2D eigenvalue weighted by molar-refractivity contribution is 5.57. The standard InChI is InChI=1S/C21H25FN6/c1-15-11-18(26-21-4-3-17(22)13-23-21)12-20(25-15)16-6-9-28(10-7-16)14-19-5-8-24-27(19)2/h3-5,8,11-13,16H,6-7,9-10,14H2,1-2H3,(H,23,25,26). The monoisotopic (exact) mass is 380 g/mol. The molecule has 0 unspecified atom stereocenters. The van der Waals surface area contributed by atoms with Gasteiger partial charge in [-0.15, -0.1) is 0 Å². The highest BCUT2D eigenvalue weighted by Gasteiger charge is 2.22. The van der Waals surface area contributed by atoms with Gasteiger partial charge in [0.15, 0.2) is 0 Å². The summed E-state index contributed by atoms with van der Waals surface area (Å²) in [6.45, 7) is 5.04. The Balaban J connectivity index is 1.41.